The molecule has 2 aliphatic rings. The van der Waals surface area contributed by atoms with E-state index in [1.165, 1.54) is 50.5 Å². The van der Waals surface area contributed by atoms with Crippen molar-refractivity contribution in [2.45, 2.75) is 57.0 Å². The van der Waals surface area contributed by atoms with Gasteiger partial charge in [-0.1, -0.05) is 24.3 Å². The molecule has 0 bridgehead atoms. The molecule has 0 saturated heterocycles. The van der Waals surface area contributed by atoms with Crippen molar-refractivity contribution in [3.05, 3.63) is 35.4 Å². The van der Waals surface area contributed by atoms with Crippen LogP contribution in [0.15, 0.2) is 24.3 Å². The molecule has 1 unspecified atom stereocenters. The lowest BCUT2D eigenvalue weighted by molar-refractivity contribution is 0.170. The van der Waals surface area contributed by atoms with Crippen LogP contribution in [0.1, 0.15) is 43.2 Å². The van der Waals surface area contributed by atoms with Gasteiger partial charge < -0.3 is 10.4 Å². The Morgan fingerprint density at radius 3 is 2.42 bits per heavy atom. The quantitative estimate of drug-likeness (QED) is 0.874. The van der Waals surface area contributed by atoms with Gasteiger partial charge in [0.1, 0.15) is 0 Å². The number of rotatable bonds is 3. The highest BCUT2D eigenvalue weighted by molar-refractivity contribution is 5.30. The zero-order chi connectivity index (χ0) is 13.1. The molecule has 2 N–H and O–H groups in total. The third-order valence-electron chi connectivity index (χ3n) is 4.92. The minimum Gasteiger partial charge on any atom is -0.396 e. The zero-order valence-corrected chi connectivity index (χ0v) is 11.6. The molecular formula is C17H25NO. The third-order valence-corrected chi connectivity index (χ3v) is 4.92. The monoisotopic (exact) mass is 259 g/mol. The molecule has 0 amide bonds. The third kappa shape index (κ3) is 3.18. The highest BCUT2D eigenvalue weighted by Crippen LogP contribution is 2.26. The summed E-state index contributed by atoms with van der Waals surface area (Å²) >= 11 is 0. The van der Waals surface area contributed by atoms with Crippen LogP contribution < -0.4 is 5.32 Å². The average molecular weight is 259 g/mol. The van der Waals surface area contributed by atoms with Gasteiger partial charge in [0, 0.05) is 18.7 Å². The van der Waals surface area contributed by atoms with E-state index in [0.29, 0.717) is 24.6 Å². The molecule has 1 fully saturated rings. The molecule has 0 aliphatic heterocycles. The van der Waals surface area contributed by atoms with Gasteiger partial charge in [0.05, 0.1) is 0 Å². The molecular weight excluding hydrogens is 234 g/mol. The van der Waals surface area contributed by atoms with Gasteiger partial charge in [-0.2, -0.15) is 0 Å². The van der Waals surface area contributed by atoms with Crippen molar-refractivity contribution in [1.29, 1.82) is 0 Å². The topological polar surface area (TPSA) is 32.3 Å². The van der Waals surface area contributed by atoms with Crippen LogP contribution in [0.3, 0.4) is 0 Å². The van der Waals surface area contributed by atoms with Crippen LogP contribution in [0.25, 0.3) is 0 Å². The molecule has 1 saturated carbocycles. The summed E-state index contributed by atoms with van der Waals surface area (Å²) in [6.07, 6.45) is 8.55. The van der Waals surface area contributed by atoms with Crippen molar-refractivity contribution in [3.63, 3.8) is 0 Å². The van der Waals surface area contributed by atoms with E-state index in [0.717, 1.165) is 0 Å². The van der Waals surface area contributed by atoms with E-state index in [1.807, 2.05) is 0 Å². The summed E-state index contributed by atoms with van der Waals surface area (Å²) in [6.45, 7) is 0.378. The van der Waals surface area contributed by atoms with Crippen LogP contribution in [0.2, 0.25) is 0 Å². The molecule has 104 valence electrons. The Morgan fingerprint density at radius 2 is 1.68 bits per heavy atom. The highest BCUT2D eigenvalue weighted by Gasteiger charge is 2.24. The maximum atomic E-state index is 9.19. The molecule has 2 nitrogen and oxygen atoms in total. The Morgan fingerprint density at radius 1 is 0.947 bits per heavy atom. The summed E-state index contributed by atoms with van der Waals surface area (Å²) in [5.41, 5.74) is 3.08. The zero-order valence-electron chi connectivity index (χ0n) is 11.6. The molecule has 0 radical (unpaired) electrons. The van der Waals surface area contributed by atoms with Crippen molar-refractivity contribution in [1.82, 2.24) is 5.32 Å². The molecule has 3 rings (SSSR count). The lowest BCUT2D eigenvalue weighted by atomic mass is 9.84. The SMILES string of the molecule is OCC1CCC(NC2CCc3ccccc3C2)CC1. The second-order valence-electron chi connectivity index (χ2n) is 6.28. The van der Waals surface area contributed by atoms with Crippen LogP contribution in [0.4, 0.5) is 0 Å². The molecule has 0 aromatic heterocycles. The molecule has 0 spiro atoms. The first kappa shape index (κ1) is 13.1. The second kappa shape index (κ2) is 6.06. The van der Waals surface area contributed by atoms with Crippen molar-refractivity contribution < 1.29 is 5.11 Å². The van der Waals surface area contributed by atoms with Crippen molar-refractivity contribution in [2.75, 3.05) is 6.61 Å². The predicted molar refractivity (Wildman–Crippen MR) is 78.2 cm³/mol. The van der Waals surface area contributed by atoms with Gasteiger partial charge in [-0.05, 0) is 62.0 Å². The van der Waals surface area contributed by atoms with E-state index in [-0.39, 0.29) is 0 Å². The van der Waals surface area contributed by atoms with Gasteiger partial charge in [-0.15, -0.1) is 0 Å². The Kier molecular flexibility index (Phi) is 4.19. The fraction of sp³-hybridized carbons (Fsp3) is 0.647. The van der Waals surface area contributed by atoms with Gasteiger partial charge in [-0.25, -0.2) is 0 Å². The number of benzene rings is 1. The van der Waals surface area contributed by atoms with E-state index in [1.54, 1.807) is 5.56 Å². The van der Waals surface area contributed by atoms with E-state index >= 15 is 0 Å². The predicted octanol–water partition coefficient (Wildman–Crippen LogP) is 2.68. The molecule has 0 heterocycles. The standard InChI is InChI=1S/C17H25NO/c19-12-13-5-8-16(9-6-13)18-17-10-7-14-3-1-2-4-15(14)11-17/h1-4,13,16-19H,5-12H2. The Bertz CT molecular complexity index is 409. The molecule has 2 heteroatoms. The Hall–Kier alpha value is -0.860. The summed E-state index contributed by atoms with van der Waals surface area (Å²) in [6, 6.07) is 10.2. The molecule has 1 aromatic carbocycles. The molecule has 19 heavy (non-hydrogen) atoms. The summed E-state index contributed by atoms with van der Waals surface area (Å²) < 4.78 is 0. The van der Waals surface area contributed by atoms with E-state index < -0.39 is 0 Å². The summed E-state index contributed by atoms with van der Waals surface area (Å²) in [7, 11) is 0. The maximum absolute atomic E-state index is 9.19. The molecule has 1 aromatic rings. The molecule has 2 aliphatic carbocycles. The first-order valence-corrected chi connectivity index (χ1v) is 7.79. The normalized spacial score (nSPS) is 30.9. The summed E-state index contributed by atoms with van der Waals surface area (Å²) in [5.74, 6) is 0.560. The first-order valence-electron chi connectivity index (χ1n) is 7.79. The Balaban J connectivity index is 1.52. The summed E-state index contributed by atoms with van der Waals surface area (Å²) in [5, 5.41) is 13.0. The first-order chi connectivity index (χ1) is 9.35. The minimum absolute atomic E-state index is 0.378. The smallest absolute Gasteiger partial charge is 0.0459 e. The van der Waals surface area contributed by atoms with Gasteiger partial charge in [0.25, 0.3) is 0 Å². The fourth-order valence-corrected chi connectivity index (χ4v) is 3.69. The van der Waals surface area contributed by atoms with E-state index in [4.69, 9.17) is 0 Å². The number of aryl methyl sites for hydroxylation is 1. The van der Waals surface area contributed by atoms with Crippen molar-refractivity contribution >= 4 is 0 Å². The lowest BCUT2D eigenvalue weighted by Crippen LogP contribution is -2.43. The average Bonchev–Trinajstić information content (AvgIpc) is 2.48. The van der Waals surface area contributed by atoms with Crippen molar-refractivity contribution in [3.8, 4) is 0 Å². The lowest BCUT2D eigenvalue weighted by Gasteiger charge is -2.33. The minimum atomic E-state index is 0.378. The van der Waals surface area contributed by atoms with Gasteiger partial charge in [0.2, 0.25) is 0 Å². The molecule has 1 atom stereocenters. The number of hydrogen-bond donors (Lipinski definition) is 2. The summed E-state index contributed by atoms with van der Waals surface area (Å²) in [4.78, 5) is 0. The van der Waals surface area contributed by atoms with E-state index in [2.05, 4.69) is 29.6 Å². The number of aliphatic hydroxyl groups excluding tert-OH is 1. The van der Waals surface area contributed by atoms with Crippen molar-refractivity contribution in [2.24, 2.45) is 5.92 Å². The number of nitrogens with one attached hydrogen (secondary N) is 1. The van der Waals surface area contributed by atoms with E-state index in [9.17, 15) is 5.11 Å². The highest BCUT2D eigenvalue weighted by atomic mass is 16.3. The van der Waals surface area contributed by atoms with Crippen LogP contribution in [0, 0.1) is 5.92 Å². The number of aliphatic hydroxyl groups is 1. The number of fused-ring (bicyclic) bond motifs is 1. The Labute approximate surface area is 116 Å². The van der Waals surface area contributed by atoms with Crippen LogP contribution >= 0.6 is 0 Å². The van der Waals surface area contributed by atoms with Crippen LogP contribution in [-0.2, 0) is 12.8 Å². The van der Waals surface area contributed by atoms with Gasteiger partial charge in [-0.3, -0.25) is 0 Å². The largest absolute Gasteiger partial charge is 0.396 e. The number of hydrogen-bond acceptors (Lipinski definition) is 2. The van der Waals surface area contributed by atoms with Gasteiger partial charge in [0.15, 0.2) is 0 Å². The second-order valence-corrected chi connectivity index (χ2v) is 6.28. The van der Waals surface area contributed by atoms with Crippen LogP contribution in [0.5, 0.6) is 0 Å². The van der Waals surface area contributed by atoms with Crippen LogP contribution in [-0.4, -0.2) is 23.8 Å². The van der Waals surface area contributed by atoms with Gasteiger partial charge >= 0.3 is 0 Å². The fourth-order valence-electron chi connectivity index (χ4n) is 3.69. The maximum Gasteiger partial charge on any atom is 0.0459 e.